The summed E-state index contributed by atoms with van der Waals surface area (Å²) in [5, 5.41) is 2.10. The van der Waals surface area contributed by atoms with Gasteiger partial charge in [0.2, 0.25) is 5.71 Å². The maximum Gasteiger partial charge on any atom is 0.216 e. The fraction of sp³-hybridized carbons (Fsp3) is 0.195. The molecule has 1 radical (unpaired) electrons. The Labute approximate surface area is 284 Å². The minimum atomic E-state index is 0. The largest absolute Gasteiger partial charge is 0.486 e. The number of aromatic nitrogens is 3. The predicted octanol–water partition coefficient (Wildman–Crippen LogP) is 9.78. The molecule has 8 rings (SSSR count). The number of rotatable bonds is 4. The van der Waals surface area contributed by atoms with Crippen molar-refractivity contribution in [2.45, 2.75) is 52.9 Å². The smallest absolute Gasteiger partial charge is 0.216 e. The van der Waals surface area contributed by atoms with Crippen molar-refractivity contribution in [3.8, 4) is 22.5 Å². The van der Waals surface area contributed by atoms with Gasteiger partial charge in [-0.15, -0.1) is 53.6 Å². The number of hydrogen-bond donors (Lipinski definition) is 0. The Morgan fingerprint density at radius 1 is 0.761 bits per heavy atom. The molecule has 5 heteroatoms. The van der Waals surface area contributed by atoms with Gasteiger partial charge in [-0.25, -0.2) is 4.98 Å². The molecule has 46 heavy (non-hydrogen) atoms. The molecule has 0 saturated carbocycles. The van der Waals surface area contributed by atoms with E-state index in [0.29, 0.717) is 5.71 Å². The number of fused-ring (bicyclic) bond motifs is 4. The van der Waals surface area contributed by atoms with Gasteiger partial charge in [-0.05, 0) is 79.7 Å². The summed E-state index contributed by atoms with van der Waals surface area (Å²) in [6.45, 7) is 6.24. The molecule has 7 aromatic rings. The third-order valence-electron chi connectivity index (χ3n) is 8.64. The van der Waals surface area contributed by atoms with Gasteiger partial charge in [-0.2, -0.15) is 0 Å². The van der Waals surface area contributed by atoms with Crippen LogP contribution in [0.1, 0.15) is 52.0 Å². The summed E-state index contributed by atoms with van der Waals surface area (Å²) in [5.41, 5.74) is 14.0. The number of benzene rings is 3. The SMILES string of the molecule is Cc1c[c-]c(-c2cc(C)c(C)cn2)cc1.[Ir].[c-]1ccc2c(oc3nc(Cc4ccccc4)ccc32)c1-c1ccc2c(n1)CCCC2. The van der Waals surface area contributed by atoms with Crippen LogP contribution in [0.25, 0.3) is 44.6 Å². The normalized spacial score (nSPS) is 12.2. The number of pyridine rings is 3. The van der Waals surface area contributed by atoms with Gasteiger partial charge in [0.1, 0.15) is 0 Å². The molecule has 0 spiro atoms. The van der Waals surface area contributed by atoms with Gasteiger partial charge >= 0.3 is 0 Å². The summed E-state index contributed by atoms with van der Waals surface area (Å²) in [6, 6.07) is 37.8. The van der Waals surface area contributed by atoms with Gasteiger partial charge in [-0.3, -0.25) is 0 Å². The molecule has 3 aromatic carbocycles. The minimum Gasteiger partial charge on any atom is -0.486 e. The van der Waals surface area contributed by atoms with E-state index in [1.807, 2.05) is 24.4 Å². The Kier molecular flexibility index (Phi) is 9.53. The Morgan fingerprint density at radius 3 is 2.41 bits per heavy atom. The maximum atomic E-state index is 6.28. The monoisotopic (exact) mass is 778 g/mol. The van der Waals surface area contributed by atoms with Crippen molar-refractivity contribution >= 4 is 22.1 Å². The molecule has 0 aliphatic heterocycles. The van der Waals surface area contributed by atoms with Crippen LogP contribution in [-0.4, -0.2) is 15.0 Å². The quantitative estimate of drug-likeness (QED) is 0.167. The number of furan rings is 1. The van der Waals surface area contributed by atoms with Gasteiger partial charge in [-0.1, -0.05) is 72.0 Å². The second kappa shape index (κ2) is 13.9. The maximum absolute atomic E-state index is 6.28. The molecule has 231 valence electrons. The predicted molar refractivity (Wildman–Crippen MR) is 182 cm³/mol. The van der Waals surface area contributed by atoms with Crippen molar-refractivity contribution in [3.63, 3.8) is 0 Å². The summed E-state index contributed by atoms with van der Waals surface area (Å²) < 4.78 is 6.28. The zero-order chi connectivity index (χ0) is 30.8. The summed E-state index contributed by atoms with van der Waals surface area (Å²) in [7, 11) is 0. The van der Waals surface area contributed by atoms with E-state index in [2.05, 4.69) is 111 Å². The summed E-state index contributed by atoms with van der Waals surface area (Å²) >= 11 is 0. The molecule has 0 amide bonds. The molecule has 0 saturated heterocycles. The van der Waals surface area contributed by atoms with E-state index in [9.17, 15) is 0 Å². The van der Waals surface area contributed by atoms with Gasteiger partial charge in [0.05, 0.1) is 5.58 Å². The van der Waals surface area contributed by atoms with Crippen LogP contribution in [0.2, 0.25) is 0 Å². The third-order valence-corrected chi connectivity index (χ3v) is 8.64. The molecule has 4 nitrogen and oxygen atoms in total. The van der Waals surface area contributed by atoms with Crippen molar-refractivity contribution < 1.29 is 24.5 Å². The van der Waals surface area contributed by atoms with E-state index in [4.69, 9.17) is 14.4 Å². The molecule has 4 aromatic heterocycles. The van der Waals surface area contributed by atoms with Crippen molar-refractivity contribution in [3.05, 3.63) is 149 Å². The van der Waals surface area contributed by atoms with E-state index >= 15 is 0 Å². The van der Waals surface area contributed by atoms with Crippen LogP contribution >= 0.6 is 0 Å². The Morgan fingerprint density at radius 2 is 1.61 bits per heavy atom. The van der Waals surface area contributed by atoms with Crippen LogP contribution in [-0.2, 0) is 39.4 Å². The minimum absolute atomic E-state index is 0. The van der Waals surface area contributed by atoms with Crippen LogP contribution in [0.4, 0.5) is 0 Å². The van der Waals surface area contributed by atoms with E-state index < -0.39 is 0 Å². The molecule has 1 aliphatic carbocycles. The first-order chi connectivity index (χ1) is 22.0. The fourth-order valence-corrected chi connectivity index (χ4v) is 5.91. The molecule has 0 bridgehead atoms. The van der Waals surface area contributed by atoms with Crippen LogP contribution in [0.3, 0.4) is 0 Å². The zero-order valence-electron chi connectivity index (χ0n) is 26.4. The molecular weight excluding hydrogens is 743 g/mol. The average Bonchev–Trinajstić information content (AvgIpc) is 3.45. The van der Waals surface area contributed by atoms with Crippen LogP contribution < -0.4 is 0 Å². The second-order valence-corrected chi connectivity index (χ2v) is 12.0. The fourth-order valence-electron chi connectivity index (χ4n) is 5.91. The number of aryl methyl sites for hydroxylation is 5. The molecule has 1 aliphatic rings. The van der Waals surface area contributed by atoms with Gasteiger partial charge in [0.25, 0.3) is 0 Å². The molecule has 0 unspecified atom stereocenters. The second-order valence-electron chi connectivity index (χ2n) is 12.0. The van der Waals surface area contributed by atoms with Gasteiger partial charge < -0.3 is 14.4 Å². The van der Waals surface area contributed by atoms with Crippen molar-refractivity contribution in [1.29, 1.82) is 0 Å². The Balaban J connectivity index is 0.000000197. The van der Waals surface area contributed by atoms with Crippen LogP contribution in [0.15, 0.2) is 102 Å². The van der Waals surface area contributed by atoms with Crippen LogP contribution in [0.5, 0.6) is 0 Å². The number of hydrogen-bond acceptors (Lipinski definition) is 4. The number of nitrogens with zero attached hydrogens (tertiary/aromatic N) is 3. The Hall–Kier alpha value is -4.44. The van der Waals surface area contributed by atoms with Crippen molar-refractivity contribution in [2.24, 2.45) is 0 Å². The van der Waals surface area contributed by atoms with Crippen molar-refractivity contribution in [1.82, 2.24) is 15.0 Å². The zero-order valence-corrected chi connectivity index (χ0v) is 28.8. The first-order valence-electron chi connectivity index (χ1n) is 15.7. The van der Waals surface area contributed by atoms with E-state index in [0.717, 1.165) is 63.8 Å². The summed E-state index contributed by atoms with van der Waals surface area (Å²) in [6.07, 6.45) is 7.38. The van der Waals surface area contributed by atoms with E-state index in [-0.39, 0.29) is 20.1 Å². The summed E-state index contributed by atoms with van der Waals surface area (Å²) in [5.74, 6) is 0. The first-order valence-corrected chi connectivity index (χ1v) is 15.7. The van der Waals surface area contributed by atoms with Crippen LogP contribution in [0, 0.1) is 32.9 Å². The third kappa shape index (κ3) is 6.72. The average molecular weight is 778 g/mol. The molecule has 0 fully saturated rings. The first kappa shape index (κ1) is 31.5. The van der Waals surface area contributed by atoms with Gasteiger partial charge in [0.15, 0.2) is 0 Å². The summed E-state index contributed by atoms with van der Waals surface area (Å²) in [4.78, 5) is 14.2. The van der Waals surface area contributed by atoms with E-state index in [1.54, 1.807) is 0 Å². The standard InChI is InChI=1S/C27H21N2O.C14H14N.Ir/c1-2-7-18(8-3-1)17-20-14-15-22-21-10-6-11-23(26(21)30-27(22)28-20)25-16-13-19-9-4-5-12-24(19)29-25;1-10-4-6-13(7-5-10)14-8-11(2)12(3)9-15-14;/h1-3,6-8,10,13-16H,4-5,9,12,17H2;4-6,8-9H,1-3H3;/q2*-1;. The topological polar surface area (TPSA) is 51.8 Å². The molecule has 0 N–H and O–H groups in total. The molecule has 4 heterocycles. The van der Waals surface area contributed by atoms with E-state index in [1.165, 1.54) is 46.4 Å². The molecule has 0 atom stereocenters. The Bertz CT molecular complexity index is 2120. The molecular formula is C41H35IrN3O-2. The van der Waals surface area contributed by atoms with Gasteiger partial charge in [0, 0.05) is 49.5 Å². The van der Waals surface area contributed by atoms with Crippen molar-refractivity contribution in [2.75, 3.05) is 0 Å².